The number of nitrogens with one attached hydrogen (secondary N) is 1. The van der Waals surface area contributed by atoms with Crippen molar-refractivity contribution in [3.8, 4) is 0 Å². The summed E-state index contributed by atoms with van der Waals surface area (Å²) in [6.45, 7) is 5.09. The molecule has 0 fully saturated rings. The van der Waals surface area contributed by atoms with Crippen LogP contribution in [0.25, 0.3) is 0 Å². The highest BCUT2D eigenvalue weighted by atomic mass is 16.3. The Bertz CT molecular complexity index is 570. The highest BCUT2D eigenvalue weighted by Crippen LogP contribution is 2.29. The standard InChI is InChI=1S/C17H21NO/c1-3-18-17(16-9-12(2)19-11-16)15-8-7-13-5-4-6-14(13)10-15/h7-11,17-18H,3-6H2,1-2H3. The van der Waals surface area contributed by atoms with E-state index in [2.05, 4.69) is 36.5 Å². The van der Waals surface area contributed by atoms with E-state index in [0.717, 1.165) is 12.3 Å². The average Bonchev–Trinajstić information content (AvgIpc) is 3.03. The molecule has 0 bridgehead atoms. The lowest BCUT2D eigenvalue weighted by atomic mass is 9.97. The number of fused-ring (bicyclic) bond motifs is 1. The van der Waals surface area contributed by atoms with Crippen LogP contribution in [0.2, 0.25) is 0 Å². The molecule has 1 N–H and O–H groups in total. The Labute approximate surface area is 114 Å². The maximum absolute atomic E-state index is 5.47. The molecular formula is C17H21NO. The molecule has 2 nitrogen and oxygen atoms in total. The molecule has 0 radical (unpaired) electrons. The fourth-order valence-corrected chi connectivity index (χ4v) is 3.02. The van der Waals surface area contributed by atoms with Crippen molar-refractivity contribution in [2.45, 2.75) is 39.2 Å². The third-order valence-corrected chi connectivity index (χ3v) is 3.95. The second-order valence-electron chi connectivity index (χ2n) is 5.36. The van der Waals surface area contributed by atoms with Crippen LogP contribution in [-0.2, 0) is 12.8 Å². The lowest BCUT2D eigenvalue weighted by molar-refractivity contribution is 0.525. The van der Waals surface area contributed by atoms with Crippen molar-refractivity contribution in [2.24, 2.45) is 0 Å². The van der Waals surface area contributed by atoms with E-state index in [0.29, 0.717) is 0 Å². The van der Waals surface area contributed by atoms with Gasteiger partial charge in [-0.05, 0) is 55.5 Å². The van der Waals surface area contributed by atoms with Gasteiger partial charge in [0.15, 0.2) is 0 Å². The smallest absolute Gasteiger partial charge is 0.101 e. The van der Waals surface area contributed by atoms with Crippen molar-refractivity contribution in [2.75, 3.05) is 6.54 Å². The van der Waals surface area contributed by atoms with Crippen LogP contribution in [0.1, 0.15) is 47.4 Å². The molecule has 1 aromatic carbocycles. The molecule has 1 atom stereocenters. The zero-order valence-corrected chi connectivity index (χ0v) is 11.7. The summed E-state index contributed by atoms with van der Waals surface area (Å²) < 4.78 is 5.47. The molecule has 2 heteroatoms. The first-order valence-electron chi connectivity index (χ1n) is 7.18. The first kappa shape index (κ1) is 12.5. The summed E-state index contributed by atoms with van der Waals surface area (Å²) in [5.74, 6) is 0.971. The lowest BCUT2D eigenvalue weighted by Gasteiger charge is -2.18. The Kier molecular flexibility index (Phi) is 3.43. The van der Waals surface area contributed by atoms with Crippen molar-refractivity contribution in [3.05, 3.63) is 58.5 Å². The largest absolute Gasteiger partial charge is 0.469 e. The zero-order chi connectivity index (χ0) is 13.2. The molecule has 1 unspecified atom stereocenters. The molecule has 1 aromatic heterocycles. The van der Waals surface area contributed by atoms with E-state index in [1.54, 1.807) is 0 Å². The van der Waals surface area contributed by atoms with Crippen LogP contribution in [0, 0.1) is 6.92 Å². The molecule has 0 saturated carbocycles. The van der Waals surface area contributed by atoms with Crippen molar-refractivity contribution in [1.29, 1.82) is 0 Å². The summed E-state index contributed by atoms with van der Waals surface area (Å²) in [6.07, 6.45) is 5.64. The van der Waals surface area contributed by atoms with Crippen LogP contribution in [-0.4, -0.2) is 6.54 Å². The maximum atomic E-state index is 5.47. The minimum Gasteiger partial charge on any atom is -0.469 e. The van der Waals surface area contributed by atoms with Crippen LogP contribution < -0.4 is 5.32 Å². The Balaban J connectivity index is 1.95. The first-order chi connectivity index (χ1) is 9.28. The van der Waals surface area contributed by atoms with Gasteiger partial charge in [-0.25, -0.2) is 0 Å². The van der Waals surface area contributed by atoms with E-state index in [1.807, 2.05) is 13.2 Å². The summed E-state index contributed by atoms with van der Waals surface area (Å²) >= 11 is 0. The lowest BCUT2D eigenvalue weighted by Crippen LogP contribution is -2.21. The van der Waals surface area contributed by atoms with Crippen LogP contribution in [0.5, 0.6) is 0 Å². The van der Waals surface area contributed by atoms with Crippen molar-refractivity contribution in [1.82, 2.24) is 5.32 Å². The molecule has 1 aliphatic carbocycles. The second kappa shape index (κ2) is 5.22. The number of aryl methyl sites for hydroxylation is 3. The quantitative estimate of drug-likeness (QED) is 0.899. The number of hydrogen-bond donors (Lipinski definition) is 1. The molecular weight excluding hydrogens is 234 g/mol. The molecule has 3 rings (SSSR count). The monoisotopic (exact) mass is 255 g/mol. The van der Waals surface area contributed by atoms with Gasteiger partial charge in [-0.2, -0.15) is 0 Å². The van der Waals surface area contributed by atoms with Gasteiger partial charge in [0.05, 0.1) is 12.3 Å². The van der Waals surface area contributed by atoms with Crippen molar-refractivity contribution in [3.63, 3.8) is 0 Å². The van der Waals surface area contributed by atoms with Crippen LogP contribution in [0.15, 0.2) is 34.9 Å². The third kappa shape index (κ3) is 2.45. The van der Waals surface area contributed by atoms with E-state index < -0.39 is 0 Å². The predicted octanol–water partition coefficient (Wildman–Crippen LogP) is 3.78. The van der Waals surface area contributed by atoms with Gasteiger partial charge < -0.3 is 9.73 Å². The van der Waals surface area contributed by atoms with E-state index in [1.165, 1.54) is 41.5 Å². The van der Waals surface area contributed by atoms with E-state index in [-0.39, 0.29) is 6.04 Å². The fourth-order valence-electron chi connectivity index (χ4n) is 3.02. The van der Waals surface area contributed by atoms with E-state index >= 15 is 0 Å². The number of furan rings is 1. The Morgan fingerprint density at radius 3 is 2.74 bits per heavy atom. The third-order valence-electron chi connectivity index (χ3n) is 3.95. The second-order valence-corrected chi connectivity index (χ2v) is 5.36. The molecule has 1 aliphatic rings. The molecule has 1 heterocycles. The maximum Gasteiger partial charge on any atom is 0.101 e. The summed E-state index contributed by atoms with van der Waals surface area (Å²) in [6, 6.07) is 9.31. The molecule has 0 aliphatic heterocycles. The topological polar surface area (TPSA) is 25.2 Å². The number of hydrogen-bond acceptors (Lipinski definition) is 2. The summed E-state index contributed by atoms with van der Waals surface area (Å²) in [5.41, 5.74) is 5.63. The first-order valence-corrected chi connectivity index (χ1v) is 7.18. The summed E-state index contributed by atoms with van der Waals surface area (Å²) in [4.78, 5) is 0. The molecule has 2 aromatic rings. The predicted molar refractivity (Wildman–Crippen MR) is 77.4 cm³/mol. The van der Waals surface area contributed by atoms with E-state index in [4.69, 9.17) is 4.42 Å². The van der Waals surface area contributed by atoms with Gasteiger partial charge in [0.2, 0.25) is 0 Å². The minimum atomic E-state index is 0.244. The molecule has 100 valence electrons. The molecule has 0 saturated heterocycles. The SMILES string of the molecule is CCNC(c1coc(C)c1)c1ccc2c(c1)CCC2. The van der Waals surface area contributed by atoms with Crippen LogP contribution >= 0.6 is 0 Å². The molecule has 0 spiro atoms. The van der Waals surface area contributed by atoms with Gasteiger partial charge in [0.25, 0.3) is 0 Å². The van der Waals surface area contributed by atoms with Gasteiger partial charge in [-0.1, -0.05) is 25.1 Å². The number of rotatable bonds is 4. The highest BCUT2D eigenvalue weighted by Gasteiger charge is 2.18. The average molecular weight is 255 g/mol. The summed E-state index contributed by atoms with van der Waals surface area (Å²) in [5, 5.41) is 3.56. The van der Waals surface area contributed by atoms with Crippen molar-refractivity contribution >= 4 is 0 Å². The Morgan fingerprint density at radius 2 is 2.00 bits per heavy atom. The Hall–Kier alpha value is -1.54. The minimum absolute atomic E-state index is 0.244. The fraction of sp³-hybridized carbons (Fsp3) is 0.412. The van der Waals surface area contributed by atoms with Crippen LogP contribution in [0.3, 0.4) is 0 Å². The van der Waals surface area contributed by atoms with E-state index in [9.17, 15) is 0 Å². The van der Waals surface area contributed by atoms with Crippen molar-refractivity contribution < 1.29 is 4.42 Å². The Morgan fingerprint density at radius 1 is 1.16 bits per heavy atom. The summed E-state index contributed by atoms with van der Waals surface area (Å²) in [7, 11) is 0. The highest BCUT2D eigenvalue weighted by molar-refractivity contribution is 5.39. The normalized spacial score (nSPS) is 15.5. The number of benzene rings is 1. The van der Waals surface area contributed by atoms with Gasteiger partial charge in [-0.3, -0.25) is 0 Å². The van der Waals surface area contributed by atoms with Gasteiger partial charge in [0.1, 0.15) is 5.76 Å². The van der Waals surface area contributed by atoms with Crippen LogP contribution in [0.4, 0.5) is 0 Å². The van der Waals surface area contributed by atoms with Gasteiger partial charge >= 0.3 is 0 Å². The zero-order valence-electron chi connectivity index (χ0n) is 11.7. The van der Waals surface area contributed by atoms with Gasteiger partial charge in [-0.15, -0.1) is 0 Å². The van der Waals surface area contributed by atoms with Gasteiger partial charge in [0, 0.05) is 5.56 Å². The molecule has 19 heavy (non-hydrogen) atoms. The molecule has 0 amide bonds.